The van der Waals surface area contributed by atoms with Crippen LogP contribution in [0, 0.1) is 5.82 Å². The molecule has 0 radical (unpaired) electrons. The molecule has 0 fully saturated rings. The first-order chi connectivity index (χ1) is 17.4. The maximum absolute atomic E-state index is 13.9. The number of ether oxygens (including phenoxy) is 1. The first kappa shape index (κ1) is 25.3. The summed E-state index contributed by atoms with van der Waals surface area (Å²) in [6.07, 6.45) is 1.06. The minimum absolute atomic E-state index is 0.0479. The predicted octanol–water partition coefficient (Wildman–Crippen LogP) is 3.07. The minimum atomic E-state index is -1.07. The molecule has 0 bridgehead atoms. The van der Waals surface area contributed by atoms with E-state index in [0.29, 0.717) is 23.5 Å². The molecule has 2 aromatic heterocycles. The molecule has 1 aliphatic rings. The number of amides is 2. The summed E-state index contributed by atoms with van der Waals surface area (Å²) in [7, 11) is 0. The molecule has 3 aromatic rings. The summed E-state index contributed by atoms with van der Waals surface area (Å²) in [5, 5.41) is 21.2. The van der Waals surface area contributed by atoms with Gasteiger partial charge in [0.15, 0.2) is 5.82 Å². The van der Waals surface area contributed by atoms with Gasteiger partial charge in [-0.3, -0.25) is 10.2 Å². The number of nitrogens with one attached hydrogen (secondary N) is 1. The van der Waals surface area contributed by atoms with Crippen molar-refractivity contribution in [2.75, 3.05) is 41.4 Å². The third-order valence-electron chi connectivity index (χ3n) is 5.89. The van der Waals surface area contributed by atoms with Crippen molar-refractivity contribution in [2.45, 2.75) is 32.4 Å². The lowest BCUT2D eigenvalue weighted by Gasteiger charge is -2.28. The number of fused-ring (bicyclic) bond motifs is 1. The van der Waals surface area contributed by atoms with Gasteiger partial charge in [-0.25, -0.2) is 19.2 Å². The second-order valence-electron chi connectivity index (χ2n) is 8.44. The van der Waals surface area contributed by atoms with E-state index in [1.165, 1.54) is 24.4 Å². The van der Waals surface area contributed by atoms with Crippen LogP contribution in [0.1, 0.15) is 20.3 Å². The molecule has 4 rings (SSSR count). The Morgan fingerprint density at radius 1 is 1.28 bits per heavy atom. The molecule has 0 aliphatic carbocycles. The highest BCUT2D eigenvalue weighted by Crippen LogP contribution is 2.35. The SMILES string of the molecule is CCN1CC[C@@H](C)N(C(=O)Nc2ccnc(OCC(O)CO)n2)c2nc(-c3cccc(F)c3)ccc21. The molecule has 0 saturated heterocycles. The van der Waals surface area contributed by atoms with Crippen molar-refractivity contribution < 1.29 is 24.1 Å². The van der Waals surface area contributed by atoms with Crippen LogP contribution in [-0.2, 0) is 0 Å². The van der Waals surface area contributed by atoms with Gasteiger partial charge in [-0.2, -0.15) is 4.98 Å². The Morgan fingerprint density at radius 2 is 2.11 bits per heavy atom. The maximum atomic E-state index is 13.9. The van der Waals surface area contributed by atoms with Crippen molar-refractivity contribution in [2.24, 2.45) is 0 Å². The zero-order chi connectivity index (χ0) is 25.7. The quantitative estimate of drug-likeness (QED) is 0.456. The van der Waals surface area contributed by atoms with Crippen LogP contribution in [0.2, 0.25) is 0 Å². The van der Waals surface area contributed by atoms with Gasteiger partial charge in [0.2, 0.25) is 0 Å². The maximum Gasteiger partial charge on any atom is 0.328 e. The summed E-state index contributed by atoms with van der Waals surface area (Å²) in [4.78, 5) is 30.2. The number of anilines is 3. The van der Waals surface area contributed by atoms with Gasteiger partial charge in [0.1, 0.15) is 24.3 Å². The molecule has 0 saturated carbocycles. The highest BCUT2D eigenvalue weighted by Gasteiger charge is 2.31. The van der Waals surface area contributed by atoms with Crippen LogP contribution >= 0.6 is 0 Å². The number of pyridine rings is 1. The molecule has 3 N–H and O–H groups in total. The first-order valence-corrected chi connectivity index (χ1v) is 11.8. The van der Waals surface area contributed by atoms with Crippen LogP contribution < -0.4 is 19.9 Å². The zero-order valence-electron chi connectivity index (χ0n) is 20.1. The number of urea groups is 1. The highest BCUT2D eigenvalue weighted by atomic mass is 19.1. The molecule has 1 aliphatic heterocycles. The van der Waals surface area contributed by atoms with E-state index in [9.17, 15) is 14.3 Å². The number of hydrogen-bond donors (Lipinski definition) is 3. The van der Waals surface area contributed by atoms with Crippen molar-refractivity contribution in [3.8, 4) is 17.3 Å². The molecule has 2 amide bonds. The Hall–Kier alpha value is -3.83. The van der Waals surface area contributed by atoms with E-state index in [1.54, 1.807) is 17.0 Å². The third-order valence-corrected chi connectivity index (χ3v) is 5.89. The van der Waals surface area contributed by atoms with Crippen molar-refractivity contribution in [1.82, 2.24) is 15.0 Å². The van der Waals surface area contributed by atoms with Gasteiger partial charge in [0.25, 0.3) is 0 Å². The number of aliphatic hydroxyl groups is 2. The second-order valence-corrected chi connectivity index (χ2v) is 8.44. The fourth-order valence-electron chi connectivity index (χ4n) is 3.97. The molecule has 0 spiro atoms. The molecule has 10 nitrogen and oxygen atoms in total. The monoisotopic (exact) mass is 496 g/mol. The Morgan fingerprint density at radius 3 is 2.86 bits per heavy atom. The normalized spacial score (nSPS) is 16.2. The number of benzene rings is 1. The third kappa shape index (κ3) is 5.69. The number of rotatable bonds is 7. The molecule has 1 aromatic carbocycles. The van der Waals surface area contributed by atoms with Gasteiger partial charge < -0.3 is 19.8 Å². The van der Waals surface area contributed by atoms with Gasteiger partial charge in [0.05, 0.1) is 18.0 Å². The number of halogens is 1. The molecular weight excluding hydrogens is 467 g/mol. The predicted molar refractivity (Wildman–Crippen MR) is 134 cm³/mol. The Kier molecular flexibility index (Phi) is 7.91. The smallest absolute Gasteiger partial charge is 0.328 e. The second kappa shape index (κ2) is 11.3. The van der Waals surface area contributed by atoms with Crippen LogP contribution in [0.25, 0.3) is 11.3 Å². The number of hydrogen-bond acceptors (Lipinski definition) is 8. The standard InChI is InChI=1S/C25H29FN6O4/c1-3-31-12-10-16(2)32(23-21(31)8-7-20(28-23)17-5-4-6-18(26)13-17)25(35)30-22-9-11-27-24(29-22)36-15-19(34)14-33/h4-9,11,13,16,19,33-34H,3,10,12,14-15H2,1-2H3,(H,27,29,30,35)/t16-,19?/m1/s1. The molecule has 2 atom stereocenters. The van der Waals surface area contributed by atoms with Crippen molar-refractivity contribution in [3.63, 3.8) is 0 Å². The van der Waals surface area contributed by atoms with Crippen LogP contribution in [0.15, 0.2) is 48.7 Å². The van der Waals surface area contributed by atoms with Crippen LogP contribution in [-0.4, -0.2) is 69.6 Å². The van der Waals surface area contributed by atoms with Crippen LogP contribution in [0.3, 0.4) is 0 Å². The van der Waals surface area contributed by atoms with Gasteiger partial charge in [0, 0.05) is 30.9 Å². The average Bonchev–Trinajstić information content (AvgIpc) is 3.02. The summed E-state index contributed by atoms with van der Waals surface area (Å²) in [5.74, 6) is 0.309. The first-order valence-electron chi connectivity index (χ1n) is 11.8. The summed E-state index contributed by atoms with van der Waals surface area (Å²) in [6, 6.07) is 10.8. The lowest BCUT2D eigenvalue weighted by molar-refractivity contribution is 0.0505. The zero-order valence-corrected chi connectivity index (χ0v) is 20.1. The van der Waals surface area contributed by atoms with Gasteiger partial charge in [-0.05, 0) is 50.6 Å². The topological polar surface area (TPSA) is 124 Å². The number of carbonyl (C=O) groups excluding carboxylic acids is 1. The molecule has 3 heterocycles. The Balaban J connectivity index is 1.65. The number of aromatic nitrogens is 3. The fourth-order valence-corrected chi connectivity index (χ4v) is 3.97. The summed E-state index contributed by atoms with van der Waals surface area (Å²) in [5.41, 5.74) is 1.97. The van der Waals surface area contributed by atoms with Gasteiger partial charge in [-0.1, -0.05) is 12.1 Å². The lowest BCUT2D eigenvalue weighted by Crippen LogP contribution is -2.42. The number of aliphatic hydroxyl groups excluding tert-OH is 2. The molecule has 190 valence electrons. The van der Waals surface area contributed by atoms with Crippen LogP contribution in [0.5, 0.6) is 6.01 Å². The van der Waals surface area contributed by atoms with Gasteiger partial charge >= 0.3 is 12.0 Å². The fraction of sp³-hybridized carbons (Fsp3) is 0.360. The van der Waals surface area contributed by atoms with E-state index in [2.05, 4.69) is 20.2 Å². The van der Waals surface area contributed by atoms with E-state index < -0.39 is 18.7 Å². The van der Waals surface area contributed by atoms with Crippen LogP contribution in [0.4, 0.5) is 26.5 Å². The van der Waals surface area contributed by atoms with E-state index >= 15 is 0 Å². The summed E-state index contributed by atoms with van der Waals surface area (Å²) >= 11 is 0. The van der Waals surface area contributed by atoms with Crippen molar-refractivity contribution in [1.29, 1.82) is 0 Å². The molecule has 1 unspecified atom stereocenters. The summed E-state index contributed by atoms with van der Waals surface area (Å²) in [6.45, 7) is 4.83. The molecular formula is C25H29FN6O4. The van der Waals surface area contributed by atoms with E-state index in [0.717, 1.165) is 18.8 Å². The largest absolute Gasteiger partial charge is 0.461 e. The Bertz CT molecular complexity index is 1210. The van der Waals surface area contributed by atoms with Crippen molar-refractivity contribution in [3.05, 3.63) is 54.5 Å². The highest BCUT2D eigenvalue weighted by molar-refractivity contribution is 6.03. The number of carbonyl (C=O) groups is 1. The average molecular weight is 497 g/mol. The lowest BCUT2D eigenvalue weighted by atomic mass is 10.1. The van der Waals surface area contributed by atoms with Gasteiger partial charge in [-0.15, -0.1) is 0 Å². The molecule has 11 heteroatoms. The van der Waals surface area contributed by atoms with E-state index in [-0.39, 0.29) is 30.3 Å². The Labute approximate surface area is 208 Å². The minimum Gasteiger partial charge on any atom is -0.461 e. The van der Waals surface area contributed by atoms with E-state index in [1.807, 2.05) is 26.0 Å². The van der Waals surface area contributed by atoms with Crippen molar-refractivity contribution >= 4 is 23.4 Å². The summed E-state index contributed by atoms with van der Waals surface area (Å²) < 4.78 is 19.2. The van der Waals surface area contributed by atoms with E-state index in [4.69, 9.17) is 14.8 Å². The number of nitrogens with zero attached hydrogens (tertiary/aromatic N) is 5. The molecule has 36 heavy (non-hydrogen) atoms.